The molecule has 0 saturated carbocycles. The van der Waals surface area contributed by atoms with Crippen molar-refractivity contribution < 1.29 is 0 Å². The van der Waals surface area contributed by atoms with Crippen molar-refractivity contribution in [3.63, 3.8) is 0 Å². The molecule has 0 fully saturated rings. The molecule has 25 heavy (non-hydrogen) atoms. The summed E-state index contributed by atoms with van der Waals surface area (Å²) in [6.45, 7) is 4.58. The second kappa shape index (κ2) is 8.97. The molecule has 5 heteroatoms. The molecule has 0 atom stereocenters. The molecular formula is C20H25N5. The van der Waals surface area contributed by atoms with E-state index in [2.05, 4.69) is 43.8 Å². The van der Waals surface area contributed by atoms with E-state index in [-0.39, 0.29) is 0 Å². The van der Waals surface area contributed by atoms with Crippen LogP contribution >= 0.6 is 0 Å². The third kappa shape index (κ3) is 5.71. The molecule has 0 spiro atoms. The summed E-state index contributed by atoms with van der Waals surface area (Å²) >= 11 is 0. The zero-order chi connectivity index (χ0) is 17.3. The minimum Gasteiger partial charge on any atom is -0.370 e. The molecular weight excluding hydrogens is 310 g/mol. The van der Waals surface area contributed by atoms with Crippen LogP contribution in [0.1, 0.15) is 24.2 Å². The maximum atomic E-state index is 4.67. The first-order chi connectivity index (χ1) is 12.3. The molecule has 130 valence electrons. The summed E-state index contributed by atoms with van der Waals surface area (Å²) < 4.78 is 0. The zero-order valence-electron chi connectivity index (χ0n) is 14.7. The Morgan fingerprint density at radius 2 is 1.68 bits per heavy atom. The van der Waals surface area contributed by atoms with E-state index in [4.69, 9.17) is 0 Å². The first-order valence-corrected chi connectivity index (χ1v) is 8.87. The van der Waals surface area contributed by atoms with Gasteiger partial charge in [0.15, 0.2) is 0 Å². The van der Waals surface area contributed by atoms with Gasteiger partial charge in [0.05, 0.1) is 0 Å². The van der Waals surface area contributed by atoms with Crippen molar-refractivity contribution in [2.24, 2.45) is 4.99 Å². The van der Waals surface area contributed by atoms with E-state index >= 15 is 0 Å². The first-order valence-electron chi connectivity index (χ1n) is 8.87. The highest BCUT2D eigenvalue weighted by atomic mass is 15.0. The highest BCUT2D eigenvalue weighted by molar-refractivity contribution is 5.95. The van der Waals surface area contributed by atoms with E-state index in [1.54, 1.807) is 0 Å². The van der Waals surface area contributed by atoms with Crippen LogP contribution in [0.2, 0.25) is 0 Å². The SMILES string of the molecule is Cc1cccc(NCCc2cccc(NCCC3=NCCC=C3)n2)n1. The number of allylic oxidation sites excluding steroid dienone is 1. The lowest BCUT2D eigenvalue weighted by Crippen LogP contribution is -2.11. The second-order valence-corrected chi connectivity index (χ2v) is 6.10. The first kappa shape index (κ1) is 17.1. The molecule has 0 aliphatic carbocycles. The van der Waals surface area contributed by atoms with Crippen LogP contribution in [0.5, 0.6) is 0 Å². The van der Waals surface area contributed by atoms with Gasteiger partial charge in [-0.25, -0.2) is 9.97 Å². The Kier molecular flexibility index (Phi) is 6.15. The van der Waals surface area contributed by atoms with Crippen LogP contribution in [0.3, 0.4) is 0 Å². The van der Waals surface area contributed by atoms with Crippen molar-refractivity contribution in [3.05, 3.63) is 59.9 Å². The topological polar surface area (TPSA) is 62.2 Å². The van der Waals surface area contributed by atoms with Crippen molar-refractivity contribution in [1.29, 1.82) is 0 Å². The molecule has 5 nitrogen and oxygen atoms in total. The lowest BCUT2D eigenvalue weighted by Gasteiger charge is -2.10. The van der Waals surface area contributed by atoms with E-state index in [1.165, 1.54) is 5.71 Å². The Morgan fingerprint density at radius 3 is 2.44 bits per heavy atom. The van der Waals surface area contributed by atoms with Gasteiger partial charge in [0.1, 0.15) is 11.6 Å². The second-order valence-electron chi connectivity index (χ2n) is 6.10. The Balaban J connectivity index is 1.44. The molecule has 2 aromatic heterocycles. The monoisotopic (exact) mass is 335 g/mol. The predicted molar refractivity (Wildman–Crippen MR) is 105 cm³/mol. The molecule has 0 unspecified atom stereocenters. The predicted octanol–water partition coefficient (Wildman–Crippen LogP) is 3.64. The Hall–Kier alpha value is -2.69. The van der Waals surface area contributed by atoms with Crippen LogP contribution in [0.15, 0.2) is 53.5 Å². The fraction of sp³-hybridized carbons (Fsp3) is 0.350. The fourth-order valence-electron chi connectivity index (χ4n) is 2.71. The quantitative estimate of drug-likeness (QED) is 0.773. The highest BCUT2D eigenvalue weighted by Gasteiger charge is 2.01. The number of hydrogen-bond donors (Lipinski definition) is 2. The molecule has 0 saturated heterocycles. The van der Waals surface area contributed by atoms with E-state index in [9.17, 15) is 0 Å². The average molecular weight is 335 g/mol. The van der Waals surface area contributed by atoms with Gasteiger partial charge >= 0.3 is 0 Å². The van der Waals surface area contributed by atoms with E-state index < -0.39 is 0 Å². The number of pyridine rings is 2. The van der Waals surface area contributed by atoms with Gasteiger partial charge in [-0.15, -0.1) is 0 Å². The minimum absolute atomic E-state index is 0.814. The van der Waals surface area contributed by atoms with Crippen LogP contribution in [-0.4, -0.2) is 35.3 Å². The Morgan fingerprint density at radius 1 is 0.920 bits per heavy atom. The lowest BCUT2D eigenvalue weighted by atomic mass is 10.2. The lowest BCUT2D eigenvalue weighted by molar-refractivity contribution is 0.942. The van der Waals surface area contributed by atoms with Crippen LogP contribution < -0.4 is 10.6 Å². The van der Waals surface area contributed by atoms with Gasteiger partial charge in [0, 0.05) is 49.6 Å². The van der Waals surface area contributed by atoms with Crippen LogP contribution in [0.25, 0.3) is 0 Å². The summed E-state index contributed by atoms with van der Waals surface area (Å²) in [4.78, 5) is 13.6. The molecule has 0 radical (unpaired) electrons. The molecule has 0 aromatic carbocycles. The molecule has 2 N–H and O–H groups in total. The van der Waals surface area contributed by atoms with Crippen LogP contribution in [-0.2, 0) is 6.42 Å². The smallest absolute Gasteiger partial charge is 0.126 e. The number of anilines is 2. The van der Waals surface area contributed by atoms with Crippen molar-refractivity contribution in [2.45, 2.75) is 26.2 Å². The number of aryl methyl sites for hydroxylation is 1. The van der Waals surface area contributed by atoms with Crippen LogP contribution in [0.4, 0.5) is 11.6 Å². The molecule has 0 amide bonds. The van der Waals surface area contributed by atoms with Gasteiger partial charge in [0.2, 0.25) is 0 Å². The molecule has 1 aliphatic heterocycles. The Bertz CT molecular complexity index is 751. The fourth-order valence-corrected chi connectivity index (χ4v) is 2.71. The summed E-state index contributed by atoms with van der Waals surface area (Å²) in [5.74, 6) is 1.84. The number of hydrogen-bond acceptors (Lipinski definition) is 5. The van der Waals surface area contributed by atoms with Gasteiger partial charge in [0.25, 0.3) is 0 Å². The average Bonchev–Trinajstić information content (AvgIpc) is 2.63. The highest BCUT2D eigenvalue weighted by Crippen LogP contribution is 2.08. The van der Waals surface area contributed by atoms with Crippen molar-refractivity contribution in [2.75, 3.05) is 30.3 Å². The van der Waals surface area contributed by atoms with Gasteiger partial charge in [-0.05, 0) is 43.7 Å². The third-order valence-corrected chi connectivity index (χ3v) is 3.99. The van der Waals surface area contributed by atoms with Crippen molar-refractivity contribution in [1.82, 2.24) is 9.97 Å². The van der Waals surface area contributed by atoms with Gasteiger partial charge in [-0.3, -0.25) is 4.99 Å². The maximum Gasteiger partial charge on any atom is 0.126 e. The Labute approximate surface area is 149 Å². The molecule has 3 rings (SSSR count). The number of nitrogens with one attached hydrogen (secondary N) is 2. The van der Waals surface area contributed by atoms with Gasteiger partial charge in [-0.1, -0.05) is 18.2 Å². The zero-order valence-corrected chi connectivity index (χ0v) is 14.7. The number of aliphatic imine (C=N–C) groups is 1. The molecule has 3 heterocycles. The van der Waals surface area contributed by atoms with Crippen LogP contribution in [0, 0.1) is 6.92 Å². The number of nitrogens with zero attached hydrogens (tertiary/aromatic N) is 3. The number of rotatable bonds is 8. The maximum absolute atomic E-state index is 4.67. The summed E-state index contributed by atoms with van der Waals surface area (Å²) in [7, 11) is 0. The van der Waals surface area contributed by atoms with E-state index in [1.807, 2.05) is 37.3 Å². The van der Waals surface area contributed by atoms with Crippen molar-refractivity contribution >= 4 is 17.3 Å². The minimum atomic E-state index is 0.814. The summed E-state index contributed by atoms with van der Waals surface area (Å²) in [5.41, 5.74) is 3.26. The third-order valence-electron chi connectivity index (χ3n) is 3.99. The summed E-state index contributed by atoms with van der Waals surface area (Å²) in [5, 5.41) is 6.73. The largest absolute Gasteiger partial charge is 0.370 e. The van der Waals surface area contributed by atoms with Gasteiger partial charge < -0.3 is 10.6 Å². The normalized spacial score (nSPS) is 13.4. The molecule has 2 aromatic rings. The van der Waals surface area contributed by atoms with E-state index in [0.717, 1.165) is 61.9 Å². The number of dihydropyridines is 1. The van der Waals surface area contributed by atoms with E-state index in [0.29, 0.717) is 0 Å². The molecule has 1 aliphatic rings. The standard InChI is InChI=1S/C20H25N5/c1-16-6-4-9-19(24-16)22-15-12-18-8-5-10-20(25-18)23-14-11-17-7-2-3-13-21-17/h2,4-10H,3,11-15H2,1H3,(H,22,24)(H,23,25). The molecule has 0 bridgehead atoms. The van der Waals surface area contributed by atoms with Crippen molar-refractivity contribution in [3.8, 4) is 0 Å². The number of aromatic nitrogens is 2. The van der Waals surface area contributed by atoms with Gasteiger partial charge in [-0.2, -0.15) is 0 Å². The summed E-state index contributed by atoms with van der Waals surface area (Å²) in [6, 6.07) is 12.1. The summed E-state index contributed by atoms with van der Waals surface area (Å²) in [6.07, 6.45) is 7.17.